The molecule has 246 valence electrons. The van der Waals surface area contributed by atoms with Crippen LogP contribution in [0.15, 0.2) is 77.2 Å². The molecule has 8 atom stereocenters. The number of allylic oxidation sites excluding steroid dienone is 4. The van der Waals surface area contributed by atoms with E-state index < -0.39 is 70.5 Å². The summed E-state index contributed by atoms with van der Waals surface area (Å²) >= 11 is 1.52. The number of esters is 2. The molecule has 4 aliphatic carbocycles. The summed E-state index contributed by atoms with van der Waals surface area (Å²) in [6.45, 7) is 2.52. The maximum atomic E-state index is 17.5. The molecule has 0 aromatic heterocycles. The summed E-state index contributed by atoms with van der Waals surface area (Å²) in [7, 11) is 0. The Morgan fingerprint density at radius 1 is 1.11 bits per heavy atom. The number of carbonyl (C=O) groups excluding carboxylic acids is 3. The third-order valence-electron chi connectivity index (χ3n) is 11.0. The minimum atomic E-state index is -2.37. The van der Waals surface area contributed by atoms with Gasteiger partial charge in [0.1, 0.15) is 18.0 Å². The molecule has 3 fully saturated rings. The lowest BCUT2D eigenvalue weighted by Gasteiger charge is -2.62. The van der Waals surface area contributed by atoms with Gasteiger partial charge in [0, 0.05) is 27.4 Å². The fourth-order valence-electron chi connectivity index (χ4n) is 8.61. The van der Waals surface area contributed by atoms with Crippen LogP contribution in [0.4, 0.5) is 8.78 Å². The van der Waals surface area contributed by atoms with Crippen molar-refractivity contribution in [1.29, 1.82) is 5.26 Å². The van der Waals surface area contributed by atoms with E-state index in [1.54, 1.807) is 49.4 Å². The molecule has 0 aliphatic heterocycles. The molecule has 3 saturated carbocycles. The van der Waals surface area contributed by atoms with Crippen molar-refractivity contribution in [2.24, 2.45) is 22.7 Å². The predicted molar refractivity (Wildman–Crippen MR) is 167 cm³/mol. The summed E-state index contributed by atoms with van der Waals surface area (Å²) in [6.07, 6.45) is -0.267. The highest BCUT2D eigenvalue weighted by Crippen LogP contribution is 2.70. The first-order chi connectivity index (χ1) is 22.3. The van der Waals surface area contributed by atoms with Crippen molar-refractivity contribution in [1.82, 2.24) is 0 Å². The summed E-state index contributed by atoms with van der Waals surface area (Å²) in [6, 6.07) is 15.2. The molecule has 8 nitrogen and oxygen atoms in total. The normalized spacial score (nSPS) is 35.5. The number of thioether (sulfide) groups is 1. The average molecular weight is 664 g/mol. The Bertz CT molecular complexity index is 1700. The van der Waals surface area contributed by atoms with Gasteiger partial charge in [0.2, 0.25) is 5.60 Å². The number of nitrogens with zero attached hydrogens (tertiary/aromatic N) is 1. The maximum absolute atomic E-state index is 17.5. The number of benzene rings is 2. The van der Waals surface area contributed by atoms with Gasteiger partial charge in [-0.2, -0.15) is 5.26 Å². The third kappa shape index (κ3) is 5.08. The SMILES string of the molecule is C[C@]12C=CC(=O)C=C1[C@@H](F)C[C@H]1[C@@H]3CCC(OC(=O)c4ccc(SCc5ccc(O)cc5)cc4)(C(=O)OCC#N)[C@@]3(C)C[C@H](O)C12F. The van der Waals surface area contributed by atoms with Crippen molar-refractivity contribution < 1.29 is 42.9 Å². The number of fused-ring (bicyclic) bond motifs is 5. The Balaban J connectivity index is 1.29. The standard InChI is InChI=1S/C36H35F2NO7S/c1-33-13-11-24(41)17-28(33)29(37)18-27-26-12-14-35(32(44)45-16-15-39,34(26,2)19-30(42)36(27,33)38)46-31(43)22-5-9-25(10-6-22)47-20-21-3-7-23(40)8-4-21/h3-11,13,17,26-27,29-30,40,42H,12,14,16,18-20H2,1-2H3/t26-,27-,29-,30-,33-,34-,35?,36?/m0/s1. The highest BCUT2D eigenvalue weighted by molar-refractivity contribution is 7.98. The molecule has 11 heteroatoms. The molecule has 2 aromatic rings. The van der Waals surface area contributed by atoms with Crippen LogP contribution in [-0.2, 0) is 24.8 Å². The lowest BCUT2D eigenvalue weighted by Crippen LogP contribution is -2.70. The molecular weight excluding hydrogens is 628 g/mol. The topological polar surface area (TPSA) is 134 Å². The number of ether oxygens (including phenoxy) is 2. The van der Waals surface area contributed by atoms with Gasteiger partial charge in [-0.1, -0.05) is 25.1 Å². The summed E-state index contributed by atoms with van der Waals surface area (Å²) in [4.78, 5) is 40.5. The van der Waals surface area contributed by atoms with Crippen molar-refractivity contribution in [3.8, 4) is 11.8 Å². The van der Waals surface area contributed by atoms with Crippen LogP contribution < -0.4 is 0 Å². The third-order valence-corrected chi connectivity index (χ3v) is 12.1. The molecule has 47 heavy (non-hydrogen) atoms. The average Bonchev–Trinajstić information content (AvgIpc) is 3.34. The first kappa shape index (κ1) is 32.9. The van der Waals surface area contributed by atoms with E-state index in [0.29, 0.717) is 5.75 Å². The first-order valence-electron chi connectivity index (χ1n) is 15.5. The Morgan fingerprint density at radius 2 is 1.81 bits per heavy atom. The number of halogens is 2. The van der Waals surface area contributed by atoms with Crippen LogP contribution in [0.2, 0.25) is 0 Å². The molecule has 0 radical (unpaired) electrons. The van der Waals surface area contributed by atoms with Crippen LogP contribution in [0.25, 0.3) is 0 Å². The molecular formula is C36H35F2NO7S. The zero-order valence-electron chi connectivity index (χ0n) is 25.9. The van der Waals surface area contributed by atoms with Gasteiger partial charge in [0.15, 0.2) is 18.1 Å². The Hall–Kier alpha value is -4.01. The summed E-state index contributed by atoms with van der Waals surface area (Å²) in [5, 5.41) is 30.3. The van der Waals surface area contributed by atoms with Gasteiger partial charge in [-0.15, -0.1) is 11.8 Å². The van der Waals surface area contributed by atoms with Crippen LogP contribution in [0, 0.1) is 34.0 Å². The van der Waals surface area contributed by atoms with Gasteiger partial charge >= 0.3 is 11.9 Å². The van der Waals surface area contributed by atoms with E-state index in [9.17, 15) is 24.6 Å². The van der Waals surface area contributed by atoms with Crippen LogP contribution in [0.1, 0.15) is 55.5 Å². The van der Waals surface area contributed by atoms with Crippen molar-refractivity contribution in [2.75, 3.05) is 6.61 Å². The number of hydrogen-bond donors (Lipinski definition) is 2. The van der Waals surface area contributed by atoms with Crippen molar-refractivity contribution in [3.05, 3.63) is 83.5 Å². The van der Waals surface area contributed by atoms with Gasteiger partial charge < -0.3 is 19.7 Å². The number of ketones is 1. The second kappa shape index (κ2) is 11.9. The molecule has 0 heterocycles. The summed E-state index contributed by atoms with van der Waals surface area (Å²) in [5.74, 6) is -3.25. The Kier molecular flexibility index (Phi) is 8.33. The number of rotatable bonds is 7. The zero-order valence-corrected chi connectivity index (χ0v) is 26.8. The van der Waals surface area contributed by atoms with E-state index in [-0.39, 0.29) is 42.6 Å². The lowest BCUT2D eigenvalue weighted by atomic mass is 9.44. The largest absolute Gasteiger partial charge is 0.508 e. The van der Waals surface area contributed by atoms with E-state index >= 15 is 8.78 Å². The fourth-order valence-corrected chi connectivity index (χ4v) is 9.47. The van der Waals surface area contributed by atoms with Crippen LogP contribution in [-0.4, -0.2) is 58.1 Å². The minimum Gasteiger partial charge on any atom is -0.508 e. The monoisotopic (exact) mass is 663 g/mol. The van der Waals surface area contributed by atoms with Gasteiger partial charge in [-0.25, -0.2) is 18.4 Å². The molecule has 0 bridgehead atoms. The number of aliphatic hydroxyl groups excluding tert-OH is 1. The van der Waals surface area contributed by atoms with Gasteiger partial charge in [-0.3, -0.25) is 4.79 Å². The number of phenols is 1. The molecule has 4 aliphatic rings. The highest BCUT2D eigenvalue weighted by atomic mass is 32.2. The quantitative estimate of drug-likeness (QED) is 0.272. The van der Waals surface area contributed by atoms with Gasteiger partial charge in [0.05, 0.1) is 11.7 Å². The number of phenolic OH excluding ortho intramolecular Hbond substituents is 1. The molecule has 6 rings (SSSR count). The molecule has 2 N–H and O–H groups in total. The van der Waals surface area contributed by atoms with Crippen LogP contribution >= 0.6 is 11.8 Å². The van der Waals surface area contributed by atoms with E-state index in [4.69, 9.17) is 14.7 Å². The summed E-state index contributed by atoms with van der Waals surface area (Å²) < 4.78 is 44.7. The molecule has 2 aromatic carbocycles. The Labute approximate surface area is 275 Å². The molecule has 0 amide bonds. The number of alkyl halides is 2. The number of nitriles is 1. The van der Waals surface area contributed by atoms with Crippen molar-refractivity contribution in [3.63, 3.8) is 0 Å². The maximum Gasteiger partial charge on any atom is 0.352 e. The van der Waals surface area contributed by atoms with Gasteiger partial charge in [-0.05, 0) is 98.2 Å². The first-order valence-corrected chi connectivity index (χ1v) is 16.5. The zero-order chi connectivity index (χ0) is 33.8. The molecule has 0 spiro atoms. The van der Waals surface area contributed by atoms with E-state index in [0.717, 1.165) is 16.5 Å². The highest BCUT2D eigenvalue weighted by Gasteiger charge is 2.77. The van der Waals surface area contributed by atoms with E-state index in [1.165, 1.54) is 30.8 Å². The molecule has 2 unspecified atom stereocenters. The second-order valence-electron chi connectivity index (χ2n) is 13.3. The smallest absolute Gasteiger partial charge is 0.352 e. The lowest BCUT2D eigenvalue weighted by molar-refractivity contribution is -0.228. The van der Waals surface area contributed by atoms with Crippen LogP contribution in [0.3, 0.4) is 0 Å². The number of aromatic hydroxyl groups is 1. The fraction of sp³-hybridized carbons (Fsp3) is 0.444. The number of carbonyl (C=O) groups is 3. The Morgan fingerprint density at radius 3 is 2.49 bits per heavy atom. The second-order valence-corrected chi connectivity index (χ2v) is 14.4. The predicted octanol–water partition coefficient (Wildman–Crippen LogP) is 5.97. The van der Waals surface area contributed by atoms with Crippen molar-refractivity contribution in [2.45, 2.75) is 73.7 Å². The molecule has 0 saturated heterocycles. The van der Waals surface area contributed by atoms with Gasteiger partial charge in [0.25, 0.3) is 0 Å². The number of aliphatic hydroxyl groups is 1. The number of hydrogen-bond acceptors (Lipinski definition) is 9. The van der Waals surface area contributed by atoms with E-state index in [1.807, 2.05) is 12.1 Å². The van der Waals surface area contributed by atoms with Crippen LogP contribution in [0.5, 0.6) is 5.75 Å². The summed E-state index contributed by atoms with van der Waals surface area (Å²) in [5.41, 5.74) is -6.20. The minimum absolute atomic E-state index is 0.0137. The van der Waals surface area contributed by atoms with E-state index in [2.05, 4.69) is 0 Å². The van der Waals surface area contributed by atoms with Crippen molar-refractivity contribution >= 4 is 29.5 Å².